The summed E-state index contributed by atoms with van der Waals surface area (Å²) in [6.45, 7) is 5.81. The predicted octanol–water partition coefficient (Wildman–Crippen LogP) is 2.08. The van der Waals surface area contributed by atoms with Crippen molar-refractivity contribution in [2.45, 2.75) is 20.4 Å². The topological polar surface area (TPSA) is 50.7 Å². The first-order chi connectivity index (χ1) is 7.29. The van der Waals surface area contributed by atoms with Crippen LogP contribution < -0.4 is 5.32 Å². The highest BCUT2D eigenvalue weighted by Gasteiger charge is 2.08. The second-order valence-electron chi connectivity index (χ2n) is 3.03. The number of nitrogens with zero attached hydrogens (tertiary/aromatic N) is 3. The van der Waals surface area contributed by atoms with Crippen LogP contribution in [0.15, 0.2) is 5.38 Å². The van der Waals surface area contributed by atoms with E-state index in [1.165, 1.54) is 0 Å². The molecule has 80 valence electrons. The molecular formula is C9H12N4S2. The molecule has 0 spiro atoms. The maximum absolute atomic E-state index is 4.38. The molecule has 0 atom stereocenters. The summed E-state index contributed by atoms with van der Waals surface area (Å²) in [4.78, 5) is 4.38. The van der Waals surface area contributed by atoms with Gasteiger partial charge in [0.05, 0.1) is 5.01 Å². The molecule has 0 bridgehead atoms. The van der Waals surface area contributed by atoms with Gasteiger partial charge in [-0.2, -0.15) is 0 Å². The third kappa shape index (κ3) is 2.58. The molecule has 0 aliphatic heterocycles. The summed E-state index contributed by atoms with van der Waals surface area (Å²) in [5, 5.41) is 16.5. The molecule has 0 aliphatic rings. The van der Waals surface area contributed by atoms with Gasteiger partial charge in [-0.05, 0) is 13.5 Å². The van der Waals surface area contributed by atoms with Gasteiger partial charge in [0.25, 0.3) is 0 Å². The Kier molecular flexibility index (Phi) is 3.40. The van der Waals surface area contributed by atoms with Crippen LogP contribution in [0.1, 0.15) is 16.9 Å². The van der Waals surface area contributed by atoms with Crippen molar-refractivity contribution in [1.29, 1.82) is 0 Å². The van der Waals surface area contributed by atoms with E-state index in [-0.39, 0.29) is 0 Å². The molecule has 15 heavy (non-hydrogen) atoms. The SMILES string of the molecule is CCNCc1nnc(-c2csc(C)n2)s1. The smallest absolute Gasteiger partial charge is 0.167 e. The molecule has 0 aliphatic carbocycles. The van der Waals surface area contributed by atoms with Gasteiger partial charge in [0, 0.05) is 11.9 Å². The van der Waals surface area contributed by atoms with Crippen molar-refractivity contribution in [3.8, 4) is 10.7 Å². The van der Waals surface area contributed by atoms with Crippen molar-refractivity contribution in [2.75, 3.05) is 6.54 Å². The minimum Gasteiger partial charge on any atom is -0.311 e. The predicted molar refractivity (Wildman–Crippen MR) is 63.1 cm³/mol. The van der Waals surface area contributed by atoms with Crippen molar-refractivity contribution < 1.29 is 0 Å². The molecule has 0 fully saturated rings. The monoisotopic (exact) mass is 240 g/mol. The van der Waals surface area contributed by atoms with E-state index in [1.807, 2.05) is 12.3 Å². The number of hydrogen-bond donors (Lipinski definition) is 1. The third-order valence-electron chi connectivity index (χ3n) is 1.83. The highest BCUT2D eigenvalue weighted by atomic mass is 32.1. The average molecular weight is 240 g/mol. The van der Waals surface area contributed by atoms with Crippen LogP contribution in [-0.4, -0.2) is 21.7 Å². The van der Waals surface area contributed by atoms with Crippen molar-refractivity contribution in [3.05, 3.63) is 15.4 Å². The number of aryl methyl sites for hydroxylation is 1. The van der Waals surface area contributed by atoms with Gasteiger partial charge >= 0.3 is 0 Å². The van der Waals surface area contributed by atoms with Crippen LogP contribution in [0.3, 0.4) is 0 Å². The molecule has 0 radical (unpaired) electrons. The van der Waals surface area contributed by atoms with E-state index >= 15 is 0 Å². The Morgan fingerprint density at radius 3 is 2.93 bits per heavy atom. The third-order valence-corrected chi connectivity index (χ3v) is 3.55. The van der Waals surface area contributed by atoms with Crippen LogP contribution in [0, 0.1) is 6.92 Å². The second-order valence-corrected chi connectivity index (χ2v) is 5.16. The Balaban J connectivity index is 2.13. The van der Waals surface area contributed by atoms with Gasteiger partial charge in [0.2, 0.25) is 0 Å². The van der Waals surface area contributed by atoms with E-state index in [0.717, 1.165) is 33.8 Å². The van der Waals surface area contributed by atoms with Crippen LogP contribution in [0.5, 0.6) is 0 Å². The Labute approximate surface area is 96.4 Å². The van der Waals surface area contributed by atoms with Crippen LogP contribution in [-0.2, 0) is 6.54 Å². The standard InChI is InChI=1S/C9H12N4S2/c1-3-10-4-8-12-13-9(15-8)7-5-14-6(2)11-7/h5,10H,3-4H2,1-2H3. The number of thiazole rings is 1. The fourth-order valence-electron chi connectivity index (χ4n) is 1.12. The molecule has 0 aromatic carbocycles. The zero-order chi connectivity index (χ0) is 10.7. The minimum atomic E-state index is 0.789. The fraction of sp³-hybridized carbons (Fsp3) is 0.444. The van der Waals surface area contributed by atoms with Crippen LogP contribution in [0.4, 0.5) is 0 Å². The van der Waals surface area contributed by atoms with E-state index in [0.29, 0.717) is 0 Å². The first-order valence-electron chi connectivity index (χ1n) is 4.75. The Hall–Kier alpha value is -0.850. The van der Waals surface area contributed by atoms with Crippen molar-refractivity contribution >= 4 is 22.7 Å². The van der Waals surface area contributed by atoms with E-state index in [2.05, 4.69) is 27.4 Å². The van der Waals surface area contributed by atoms with Gasteiger partial charge in [-0.15, -0.1) is 21.5 Å². The quantitative estimate of drug-likeness (QED) is 0.889. The van der Waals surface area contributed by atoms with Gasteiger partial charge < -0.3 is 5.32 Å². The summed E-state index contributed by atoms with van der Waals surface area (Å²) in [6, 6.07) is 0. The summed E-state index contributed by atoms with van der Waals surface area (Å²) in [5.74, 6) is 0. The van der Waals surface area contributed by atoms with Gasteiger partial charge in [0.1, 0.15) is 10.7 Å². The lowest BCUT2D eigenvalue weighted by molar-refractivity contribution is 0.715. The lowest BCUT2D eigenvalue weighted by Gasteiger charge is -1.93. The second kappa shape index (κ2) is 4.78. The Bertz CT molecular complexity index is 435. The average Bonchev–Trinajstić information content (AvgIpc) is 2.83. The lowest BCUT2D eigenvalue weighted by atomic mass is 10.5. The molecule has 2 heterocycles. The molecule has 0 saturated heterocycles. The molecule has 0 amide bonds. The minimum absolute atomic E-state index is 0.789. The molecule has 6 heteroatoms. The highest BCUT2D eigenvalue weighted by molar-refractivity contribution is 7.15. The molecular weight excluding hydrogens is 228 g/mol. The molecule has 2 aromatic rings. The van der Waals surface area contributed by atoms with Crippen molar-refractivity contribution in [2.24, 2.45) is 0 Å². The maximum Gasteiger partial charge on any atom is 0.167 e. The lowest BCUT2D eigenvalue weighted by Crippen LogP contribution is -2.11. The Morgan fingerprint density at radius 1 is 1.40 bits per heavy atom. The van der Waals surface area contributed by atoms with Crippen molar-refractivity contribution in [3.63, 3.8) is 0 Å². The van der Waals surface area contributed by atoms with Gasteiger partial charge in [-0.1, -0.05) is 18.3 Å². The van der Waals surface area contributed by atoms with Crippen LogP contribution in [0.2, 0.25) is 0 Å². The molecule has 0 saturated carbocycles. The maximum atomic E-state index is 4.38. The first-order valence-corrected chi connectivity index (χ1v) is 6.45. The number of nitrogens with one attached hydrogen (secondary N) is 1. The molecule has 4 nitrogen and oxygen atoms in total. The molecule has 2 aromatic heterocycles. The van der Waals surface area contributed by atoms with Gasteiger partial charge in [0.15, 0.2) is 5.01 Å². The van der Waals surface area contributed by atoms with E-state index in [4.69, 9.17) is 0 Å². The van der Waals surface area contributed by atoms with Gasteiger partial charge in [-0.3, -0.25) is 0 Å². The highest BCUT2D eigenvalue weighted by Crippen LogP contribution is 2.24. The summed E-state index contributed by atoms with van der Waals surface area (Å²) in [7, 11) is 0. The van der Waals surface area contributed by atoms with Gasteiger partial charge in [-0.25, -0.2) is 4.98 Å². The molecule has 0 unspecified atom stereocenters. The molecule has 2 rings (SSSR count). The van der Waals surface area contributed by atoms with Crippen LogP contribution in [0.25, 0.3) is 10.7 Å². The zero-order valence-electron chi connectivity index (χ0n) is 8.65. The number of aromatic nitrogens is 3. The summed E-state index contributed by atoms with van der Waals surface area (Å²) < 4.78 is 0. The van der Waals surface area contributed by atoms with E-state index < -0.39 is 0 Å². The van der Waals surface area contributed by atoms with E-state index in [9.17, 15) is 0 Å². The Morgan fingerprint density at radius 2 is 2.27 bits per heavy atom. The number of rotatable bonds is 4. The molecule has 1 N–H and O–H groups in total. The fourth-order valence-corrected chi connectivity index (χ4v) is 2.56. The largest absolute Gasteiger partial charge is 0.311 e. The normalized spacial score (nSPS) is 10.8. The number of hydrogen-bond acceptors (Lipinski definition) is 6. The summed E-state index contributed by atoms with van der Waals surface area (Å²) in [6.07, 6.45) is 0. The van der Waals surface area contributed by atoms with E-state index in [1.54, 1.807) is 22.7 Å². The van der Waals surface area contributed by atoms with Crippen LogP contribution >= 0.6 is 22.7 Å². The van der Waals surface area contributed by atoms with Crippen molar-refractivity contribution in [1.82, 2.24) is 20.5 Å². The summed E-state index contributed by atoms with van der Waals surface area (Å²) >= 11 is 3.24. The zero-order valence-corrected chi connectivity index (χ0v) is 10.3. The summed E-state index contributed by atoms with van der Waals surface area (Å²) in [5.41, 5.74) is 0.942. The first kappa shape index (κ1) is 10.7.